The summed E-state index contributed by atoms with van der Waals surface area (Å²) in [6.45, 7) is 4.53. The van der Waals surface area contributed by atoms with E-state index in [-0.39, 0.29) is 19.5 Å². The van der Waals surface area contributed by atoms with Gasteiger partial charge in [0.25, 0.3) is 0 Å². The molecule has 0 aliphatic rings. The predicted molar refractivity (Wildman–Crippen MR) is 150 cm³/mol. The number of pyridine rings is 2. The fraction of sp³-hybridized carbons (Fsp3) is 0.400. The van der Waals surface area contributed by atoms with Crippen LogP contribution in [0.2, 0.25) is 0 Å². The van der Waals surface area contributed by atoms with Crippen molar-refractivity contribution in [1.29, 1.82) is 0 Å². The van der Waals surface area contributed by atoms with Gasteiger partial charge in [0, 0.05) is 51.4 Å². The minimum absolute atomic E-state index is 0. The molecule has 4 aromatic heterocycles. The maximum Gasteiger partial charge on any atom is 0.0892 e. The topological polar surface area (TPSA) is 25.8 Å². The fourth-order valence-corrected chi connectivity index (χ4v) is 6.33. The molecule has 0 aliphatic heterocycles. The SMILES string of the molecule is CCCCCCc1ccc(-c2ccnc(-c3cc(-c4ccc(CCCCCC)s4)ccn3)c2)s1.[Ru]. The maximum atomic E-state index is 4.66. The van der Waals surface area contributed by atoms with E-state index in [0.717, 1.165) is 11.4 Å². The third kappa shape index (κ3) is 8.17. The zero-order valence-corrected chi connectivity index (χ0v) is 24.3. The molecule has 0 aromatic carbocycles. The molecule has 0 aliphatic carbocycles. The average Bonchev–Trinajstić information content (AvgIpc) is 3.55. The molecule has 0 amide bonds. The third-order valence-corrected chi connectivity index (χ3v) is 8.62. The third-order valence-electron chi connectivity index (χ3n) is 6.23. The standard InChI is InChI=1S/C30H36N2S2.Ru/c1-3-5-7-9-11-25-13-15-29(33-25)23-17-19-31-27(21-23)28-22-24(18-20-32-28)30-16-14-26(34-30)12-10-8-6-4-2;/h13-22H,3-12H2,1-2H3;. The predicted octanol–water partition coefficient (Wildman–Crippen LogP) is 9.84. The van der Waals surface area contributed by atoms with Gasteiger partial charge in [-0.3, -0.25) is 9.97 Å². The number of aromatic nitrogens is 2. The molecule has 0 bridgehead atoms. The number of aryl methyl sites for hydroxylation is 2. The molecule has 0 atom stereocenters. The Hall–Kier alpha value is -1.68. The van der Waals surface area contributed by atoms with E-state index in [0.29, 0.717) is 0 Å². The van der Waals surface area contributed by atoms with Crippen molar-refractivity contribution in [3.05, 3.63) is 70.7 Å². The van der Waals surface area contributed by atoms with Crippen LogP contribution in [0.15, 0.2) is 60.9 Å². The van der Waals surface area contributed by atoms with Crippen molar-refractivity contribution >= 4 is 22.7 Å². The summed E-state index contributed by atoms with van der Waals surface area (Å²) in [4.78, 5) is 14.9. The Balaban J connectivity index is 0.00000342. The van der Waals surface area contributed by atoms with Crippen LogP contribution in [0.25, 0.3) is 32.3 Å². The van der Waals surface area contributed by atoms with Crippen molar-refractivity contribution in [3.63, 3.8) is 0 Å². The Kier molecular flexibility index (Phi) is 11.8. The molecule has 5 heteroatoms. The smallest absolute Gasteiger partial charge is 0.0892 e. The number of hydrogen-bond acceptors (Lipinski definition) is 4. The molecule has 0 saturated carbocycles. The zero-order chi connectivity index (χ0) is 23.6. The first kappa shape index (κ1) is 27.9. The van der Waals surface area contributed by atoms with Gasteiger partial charge in [0.2, 0.25) is 0 Å². The van der Waals surface area contributed by atoms with Crippen LogP contribution in [0.3, 0.4) is 0 Å². The summed E-state index contributed by atoms with van der Waals surface area (Å²) >= 11 is 3.83. The summed E-state index contributed by atoms with van der Waals surface area (Å²) < 4.78 is 0. The molecule has 35 heavy (non-hydrogen) atoms. The second-order valence-corrected chi connectivity index (χ2v) is 11.3. The molecule has 4 aromatic rings. The van der Waals surface area contributed by atoms with E-state index >= 15 is 0 Å². The number of rotatable bonds is 13. The first-order valence-electron chi connectivity index (χ1n) is 12.9. The van der Waals surface area contributed by atoms with Crippen molar-refractivity contribution in [1.82, 2.24) is 9.97 Å². The number of thiophene rings is 2. The molecule has 186 valence electrons. The van der Waals surface area contributed by atoms with E-state index in [4.69, 9.17) is 0 Å². The zero-order valence-electron chi connectivity index (χ0n) is 20.9. The van der Waals surface area contributed by atoms with Gasteiger partial charge in [-0.1, -0.05) is 52.4 Å². The van der Waals surface area contributed by atoms with Gasteiger partial charge in [-0.2, -0.15) is 0 Å². The molecule has 0 fully saturated rings. The first-order valence-corrected chi connectivity index (χ1v) is 14.5. The van der Waals surface area contributed by atoms with Gasteiger partial charge in [0.15, 0.2) is 0 Å². The number of hydrogen-bond donors (Lipinski definition) is 0. The molecule has 4 rings (SSSR count). The maximum absolute atomic E-state index is 4.66. The van der Waals surface area contributed by atoms with E-state index in [1.807, 2.05) is 35.1 Å². The van der Waals surface area contributed by atoms with Gasteiger partial charge in [-0.25, -0.2) is 0 Å². The largest absolute Gasteiger partial charge is 0.255 e. The molecule has 0 saturated heterocycles. The molecule has 4 heterocycles. The van der Waals surface area contributed by atoms with Crippen molar-refractivity contribution in [2.45, 2.75) is 78.1 Å². The average molecular weight is 590 g/mol. The summed E-state index contributed by atoms with van der Waals surface area (Å²) in [5.74, 6) is 0. The molecule has 0 unspecified atom stereocenters. The van der Waals surface area contributed by atoms with Gasteiger partial charge in [-0.15, -0.1) is 22.7 Å². The van der Waals surface area contributed by atoms with Gasteiger partial charge >= 0.3 is 0 Å². The van der Waals surface area contributed by atoms with Crippen LogP contribution in [0.5, 0.6) is 0 Å². The summed E-state index contributed by atoms with van der Waals surface area (Å²) in [6, 6.07) is 17.7. The van der Waals surface area contributed by atoms with E-state index < -0.39 is 0 Å². The van der Waals surface area contributed by atoms with Crippen LogP contribution in [0, 0.1) is 0 Å². The first-order chi connectivity index (χ1) is 16.8. The van der Waals surface area contributed by atoms with Crippen molar-refractivity contribution in [3.8, 4) is 32.3 Å². The van der Waals surface area contributed by atoms with E-state index in [2.05, 4.69) is 72.3 Å². The van der Waals surface area contributed by atoms with E-state index in [1.54, 1.807) is 0 Å². The second kappa shape index (κ2) is 14.8. The Morgan fingerprint density at radius 3 is 1.46 bits per heavy atom. The van der Waals surface area contributed by atoms with Gasteiger partial charge in [-0.05, 0) is 85.3 Å². The van der Waals surface area contributed by atoms with Crippen molar-refractivity contribution in [2.24, 2.45) is 0 Å². The molecular weight excluding hydrogens is 554 g/mol. The minimum Gasteiger partial charge on any atom is -0.255 e. The second-order valence-electron chi connectivity index (χ2n) is 9.01. The van der Waals surface area contributed by atoms with Crippen LogP contribution in [-0.2, 0) is 32.3 Å². The summed E-state index contributed by atoms with van der Waals surface area (Å²) in [5.41, 5.74) is 4.34. The fourth-order valence-electron chi connectivity index (χ4n) is 4.23. The Morgan fingerprint density at radius 1 is 0.571 bits per heavy atom. The number of unbranched alkanes of at least 4 members (excludes halogenated alkanes) is 6. The van der Waals surface area contributed by atoms with Gasteiger partial charge in [0.05, 0.1) is 11.4 Å². The Bertz CT molecular complexity index is 1070. The quantitative estimate of drug-likeness (QED) is 0.115. The van der Waals surface area contributed by atoms with E-state index in [1.165, 1.54) is 94.8 Å². The number of nitrogens with zero attached hydrogens (tertiary/aromatic N) is 2. The van der Waals surface area contributed by atoms with Gasteiger partial charge < -0.3 is 0 Å². The minimum atomic E-state index is 0. The van der Waals surface area contributed by atoms with E-state index in [9.17, 15) is 0 Å². The van der Waals surface area contributed by atoms with Crippen LogP contribution >= 0.6 is 22.7 Å². The van der Waals surface area contributed by atoms with Crippen LogP contribution in [0.1, 0.15) is 75.0 Å². The van der Waals surface area contributed by atoms with Gasteiger partial charge in [0.1, 0.15) is 0 Å². The summed E-state index contributed by atoms with van der Waals surface area (Å²) in [6.07, 6.45) is 16.7. The van der Waals surface area contributed by atoms with Crippen LogP contribution in [-0.4, -0.2) is 9.97 Å². The Morgan fingerprint density at radius 2 is 1.03 bits per heavy atom. The molecule has 0 spiro atoms. The van der Waals surface area contributed by atoms with Crippen molar-refractivity contribution in [2.75, 3.05) is 0 Å². The normalized spacial score (nSPS) is 10.9. The van der Waals surface area contributed by atoms with Crippen molar-refractivity contribution < 1.29 is 19.5 Å². The molecule has 2 nitrogen and oxygen atoms in total. The summed E-state index contributed by atoms with van der Waals surface area (Å²) in [5, 5.41) is 0. The van der Waals surface area contributed by atoms with Crippen LogP contribution < -0.4 is 0 Å². The molecule has 0 radical (unpaired) electrons. The summed E-state index contributed by atoms with van der Waals surface area (Å²) in [7, 11) is 0. The molecule has 0 N–H and O–H groups in total. The molecular formula is C30H36N2RuS2. The van der Waals surface area contributed by atoms with Crippen LogP contribution in [0.4, 0.5) is 0 Å². The monoisotopic (exact) mass is 590 g/mol. The Labute approximate surface area is 232 Å².